The molecule has 82 valence electrons. The van der Waals surface area contributed by atoms with E-state index in [1.165, 1.54) is 0 Å². The second-order valence-corrected chi connectivity index (χ2v) is 3.31. The van der Waals surface area contributed by atoms with Crippen LogP contribution in [0.5, 0.6) is 0 Å². The number of pyridine rings is 1. The summed E-state index contributed by atoms with van der Waals surface area (Å²) in [5.74, 6) is -3.08. The van der Waals surface area contributed by atoms with Crippen molar-refractivity contribution >= 4 is 34.9 Å². The molecule has 9 heteroatoms. The van der Waals surface area contributed by atoms with Crippen LogP contribution in [0.15, 0.2) is 0 Å². The van der Waals surface area contributed by atoms with E-state index in [1.54, 1.807) is 0 Å². The van der Waals surface area contributed by atoms with E-state index in [2.05, 4.69) is 4.98 Å². The molecule has 0 spiro atoms. The van der Waals surface area contributed by atoms with Crippen molar-refractivity contribution in [2.24, 2.45) is 0 Å². The Bertz CT molecular complexity index is 433. The van der Waals surface area contributed by atoms with Gasteiger partial charge in [0, 0.05) is 0 Å². The maximum absolute atomic E-state index is 12.9. The summed E-state index contributed by atoms with van der Waals surface area (Å²) in [5.41, 5.74) is 4.22. The van der Waals surface area contributed by atoms with E-state index in [-0.39, 0.29) is 35.2 Å². The summed E-state index contributed by atoms with van der Waals surface area (Å²) in [6.07, 6.45) is -2.16. The summed E-state index contributed by atoms with van der Waals surface area (Å²) in [4.78, 5) is 13.4. The first kappa shape index (κ1) is 15.9. The van der Waals surface area contributed by atoms with E-state index in [0.29, 0.717) is 0 Å². The average molecular weight is 277 g/mol. The number of halogens is 3. The smallest absolute Gasteiger partial charge is 0.547 e. The van der Waals surface area contributed by atoms with Gasteiger partial charge in [-0.1, -0.05) is 23.2 Å². The predicted molar refractivity (Wildman–Crippen MR) is 48.6 cm³/mol. The fourth-order valence-electron chi connectivity index (χ4n) is 0.842. The Kier molecular flexibility index (Phi) is 5.95. The van der Waals surface area contributed by atoms with E-state index < -0.39 is 33.8 Å². The van der Waals surface area contributed by atoms with Crippen LogP contribution in [0.3, 0.4) is 0 Å². The monoisotopic (exact) mass is 276 g/mol. The van der Waals surface area contributed by atoms with Gasteiger partial charge >= 0.3 is 29.6 Å². The Morgan fingerprint density at radius 3 is 2.44 bits per heavy atom. The van der Waals surface area contributed by atoms with Gasteiger partial charge in [-0.2, -0.15) is 4.39 Å². The van der Waals surface area contributed by atoms with Crippen LogP contribution >= 0.6 is 23.2 Å². The first-order chi connectivity index (χ1) is 6.86. The molecule has 0 aliphatic carbocycles. The van der Waals surface area contributed by atoms with Crippen LogP contribution in [0.4, 0.5) is 10.1 Å². The number of anilines is 1. The topological polar surface area (TPSA) is 99.3 Å². The fourth-order valence-corrected chi connectivity index (χ4v) is 1.27. The van der Waals surface area contributed by atoms with Crippen LogP contribution in [0.1, 0.15) is 11.8 Å². The number of rotatable bonds is 2. The first-order valence-corrected chi connectivity index (χ1v) is 4.30. The van der Waals surface area contributed by atoms with Crippen molar-refractivity contribution in [1.82, 2.24) is 4.98 Å². The van der Waals surface area contributed by atoms with Crippen molar-refractivity contribution in [1.29, 1.82) is 0 Å². The fraction of sp³-hybridized carbons (Fsp3) is 0.143. The van der Waals surface area contributed by atoms with Gasteiger partial charge in [0.2, 0.25) is 5.95 Å². The first-order valence-electron chi connectivity index (χ1n) is 3.55. The quantitative estimate of drug-likeness (QED) is 0.440. The van der Waals surface area contributed by atoms with Gasteiger partial charge in [-0.05, 0) is 0 Å². The molecule has 0 saturated carbocycles. The number of aliphatic carboxylic acids is 1. The van der Waals surface area contributed by atoms with Crippen molar-refractivity contribution in [2.45, 2.75) is 6.10 Å². The van der Waals surface area contributed by atoms with Gasteiger partial charge in [0.25, 0.3) is 0 Å². The van der Waals surface area contributed by atoms with Crippen LogP contribution in [0.2, 0.25) is 10.0 Å². The molecule has 0 radical (unpaired) electrons. The Morgan fingerprint density at radius 1 is 1.50 bits per heavy atom. The van der Waals surface area contributed by atoms with Crippen LogP contribution in [0.25, 0.3) is 0 Å². The largest absolute Gasteiger partial charge is 1.00 e. The van der Waals surface area contributed by atoms with Gasteiger partial charge < -0.3 is 20.7 Å². The number of nitrogens with zero attached hydrogens (tertiary/aromatic N) is 1. The molecule has 16 heavy (non-hydrogen) atoms. The summed E-state index contributed by atoms with van der Waals surface area (Å²) in [6, 6.07) is 0. The zero-order chi connectivity index (χ0) is 11.7. The van der Waals surface area contributed by atoms with Crippen molar-refractivity contribution in [2.75, 3.05) is 5.73 Å². The Hall–Kier alpha value is -0.110. The molecular formula is C7H4Cl2FN2NaO3. The molecule has 3 N–H and O–H groups in total. The molecule has 5 nitrogen and oxygen atoms in total. The second-order valence-electron chi connectivity index (χ2n) is 2.55. The van der Waals surface area contributed by atoms with Gasteiger partial charge in [0.05, 0.1) is 22.4 Å². The minimum absolute atomic E-state index is 0. The van der Waals surface area contributed by atoms with E-state index >= 15 is 0 Å². The summed E-state index contributed by atoms with van der Waals surface area (Å²) >= 11 is 10.9. The van der Waals surface area contributed by atoms with Crippen molar-refractivity contribution in [3.05, 3.63) is 21.7 Å². The van der Waals surface area contributed by atoms with Crippen LogP contribution in [0, 0.1) is 5.95 Å². The van der Waals surface area contributed by atoms with Crippen molar-refractivity contribution in [3.8, 4) is 0 Å². The average Bonchev–Trinajstić information content (AvgIpc) is 2.19. The maximum atomic E-state index is 12.9. The zero-order valence-corrected chi connectivity index (χ0v) is 11.5. The molecule has 1 heterocycles. The standard InChI is InChI=1S/C7H5Cl2FN2O3.Na/c8-1-3(11)2(9)6(10)12-4(1)5(13)7(14)15;/h5,13H,(H2,11,12)(H,14,15);/q;+1/p-1. The predicted octanol–water partition coefficient (Wildman–Crippen LogP) is -3.10. The van der Waals surface area contributed by atoms with Crippen LogP contribution in [-0.4, -0.2) is 16.1 Å². The van der Waals surface area contributed by atoms with Gasteiger partial charge in [-0.3, -0.25) is 0 Å². The summed E-state index contributed by atoms with van der Waals surface area (Å²) < 4.78 is 12.9. The number of nitrogen functional groups attached to an aromatic ring is 1. The molecular weight excluding hydrogens is 273 g/mol. The normalized spacial score (nSPS) is 11.8. The SMILES string of the molecule is Nc1c(Cl)c(F)nc(C(O)C(=O)[O-])c1Cl.[Na+]. The van der Waals surface area contributed by atoms with E-state index in [9.17, 15) is 14.3 Å². The van der Waals surface area contributed by atoms with E-state index in [4.69, 9.17) is 34.0 Å². The second kappa shape index (κ2) is 6.00. The maximum Gasteiger partial charge on any atom is 1.00 e. The number of nitrogens with two attached hydrogens (primary N) is 1. The number of carboxylic acids is 1. The number of carboxylic acid groups (broad SMARTS) is 1. The molecule has 0 fully saturated rings. The van der Waals surface area contributed by atoms with Crippen molar-refractivity contribution in [3.63, 3.8) is 0 Å². The third kappa shape index (κ3) is 2.97. The number of aromatic nitrogens is 1. The summed E-state index contributed by atoms with van der Waals surface area (Å²) in [6.45, 7) is 0. The molecule has 1 aromatic heterocycles. The summed E-state index contributed by atoms with van der Waals surface area (Å²) in [7, 11) is 0. The third-order valence-electron chi connectivity index (χ3n) is 1.58. The number of hydrogen-bond donors (Lipinski definition) is 2. The number of carbonyl (C=O) groups is 1. The van der Waals surface area contributed by atoms with Crippen LogP contribution < -0.4 is 40.4 Å². The molecule has 1 aromatic rings. The molecule has 1 unspecified atom stereocenters. The minimum atomic E-state index is -2.16. The Labute approximate surface area is 122 Å². The number of carbonyl (C=O) groups excluding carboxylic acids is 1. The molecule has 1 atom stereocenters. The zero-order valence-electron chi connectivity index (χ0n) is 8.00. The van der Waals surface area contributed by atoms with Crippen LogP contribution in [-0.2, 0) is 4.79 Å². The summed E-state index contributed by atoms with van der Waals surface area (Å²) in [5, 5.41) is 18.4. The minimum Gasteiger partial charge on any atom is -0.547 e. The Balaban J connectivity index is 0.00000225. The van der Waals surface area contributed by atoms with Gasteiger partial charge in [0.15, 0.2) is 0 Å². The van der Waals surface area contributed by atoms with Gasteiger partial charge in [-0.25, -0.2) is 4.98 Å². The molecule has 1 rings (SSSR count). The molecule has 0 aliphatic rings. The number of aliphatic hydroxyl groups excluding tert-OH is 1. The molecule has 0 amide bonds. The molecule has 0 aliphatic heterocycles. The van der Waals surface area contributed by atoms with Gasteiger partial charge in [0.1, 0.15) is 11.1 Å². The van der Waals surface area contributed by atoms with E-state index in [0.717, 1.165) is 0 Å². The van der Waals surface area contributed by atoms with Crippen molar-refractivity contribution < 1.29 is 49.0 Å². The number of hydrogen-bond acceptors (Lipinski definition) is 5. The van der Waals surface area contributed by atoms with E-state index in [1.807, 2.05) is 0 Å². The number of aliphatic hydroxyl groups is 1. The third-order valence-corrected chi connectivity index (χ3v) is 2.34. The van der Waals surface area contributed by atoms with Gasteiger partial charge in [-0.15, -0.1) is 0 Å². The molecule has 0 saturated heterocycles. The Morgan fingerprint density at radius 2 is 2.00 bits per heavy atom. The molecule has 0 bridgehead atoms. The molecule has 0 aromatic carbocycles.